The van der Waals surface area contributed by atoms with Crippen LogP contribution in [0.1, 0.15) is 32.8 Å². The molecule has 0 saturated carbocycles. The minimum absolute atomic E-state index is 0.00529. The number of hydrogen-bond donors (Lipinski definition) is 1. The highest BCUT2D eigenvalue weighted by Crippen LogP contribution is 2.34. The number of ether oxygens (including phenoxy) is 1. The van der Waals surface area contributed by atoms with Gasteiger partial charge in [0.15, 0.2) is 0 Å². The van der Waals surface area contributed by atoms with E-state index in [0.717, 1.165) is 18.4 Å². The lowest BCUT2D eigenvalue weighted by molar-refractivity contribution is -0.384. The molecule has 38 heavy (non-hydrogen) atoms. The smallest absolute Gasteiger partial charge is 0.271 e. The topological polar surface area (TPSA) is 139 Å². The van der Waals surface area contributed by atoms with Crippen molar-refractivity contribution in [3.63, 3.8) is 0 Å². The molecule has 2 aromatic rings. The number of benzene rings is 2. The fourth-order valence-electron chi connectivity index (χ4n) is 3.72. The quantitative estimate of drug-likeness (QED) is 0.292. The van der Waals surface area contributed by atoms with Crippen LogP contribution in [-0.4, -0.2) is 62.0 Å². The largest absolute Gasteiger partial charge is 0.495 e. The Kier molecular flexibility index (Phi) is 10.7. The Morgan fingerprint density at radius 3 is 2.32 bits per heavy atom. The number of sulfonamides is 1. The second-order valence-electron chi connectivity index (χ2n) is 8.73. The SMILES string of the molecule is CCC(C(=O)NC(C)C)N(Cc1ccc(Cl)cc1Cl)C(=O)CN(c1cc([N+](=O)[O-])ccc1OC)S(C)(=O)=O. The number of nitrogens with zero attached hydrogens (tertiary/aromatic N) is 3. The average Bonchev–Trinajstić information content (AvgIpc) is 2.81. The summed E-state index contributed by atoms with van der Waals surface area (Å²) in [6.45, 7) is 4.38. The first-order valence-electron chi connectivity index (χ1n) is 11.5. The highest BCUT2D eigenvalue weighted by atomic mass is 35.5. The summed E-state index contributed by atoms with van der Waals surface area (Å²) in [6.07, 6.45) is 1.08. The van der Waals surface area contributed by atoms with Crippen molar-refractivity contribution in [2.45, 2.75) is 45.8 Å². The molecule has 1 unspecified atom stereocenters. The van der Waals surface area contributed by atoms with Crippen molar-refractivity contribution in [1.82, 2.24) is 10.2 Å². The lowest BCUT2D eigenvalue weighted by Crippen LogP contribution is -2.53. The van der Waals surface area contributed by atoms with Crippen LogP contribution in [0.3, 0.4) is 0 Å². The summed E-state index contributed by atoms with van der Waals surface area (Å²) in [4.78, 5) is 38.7. The maximum atomic E-state index is 13.8. The van der Waals surface area contributed by atoms with Crippen LogP contribution in [0.4, 0.5) is 11.4 Å². The molecule has 2 rings (SSSR count). The zero-order chi connectivity index (χ0) is 28.8. The van der Waals surface area contributed by atoms with Gasteiger partial charge in [-0.15, -0.1) is 0 Å². The molecule has 0 heterocycles. The van der Waals surface area contributed by atoms with Crippen molar-refractivity contribution in [3.8, 4) is 5.75 Å². The molecule has 2 aromatic carbocycles. The fraction of sp³-hybridized carbons (Fsp3) is 0.417. The number of methoxy groups -OCH3 is 1. The molecule has 0 aliphatic heterocycles. The van der Waals surface area contributed by atoms with E-state index >= 15 is 0 Å². The summed E-state index contributed by atoms with van der Waals surface area (Å²) >= 11 is 12.3. The van der Waals surface area contributed by atoms with Gasteiger partial charge in [0.25, 0.3) is 5.69 Å². The van der Waals surface area contributed by atoms with Crippen LogP contribution >= 0.6 is 23.2 Å². The second-order valence-corrected chi connectivity index (χ2v) is 11.5. The summed E-state index contributed by atoms with van der Waals surface area (Å²) in [5.74, 6) is -1.16. The molecule has 0 spiro atoms. The lowest BCUT2D eigenvalue weighted by atomic mass is 10.1. The predicted octanol–water partition coefficient (Wildman–Crippen LogP) is 4.01. The van der Waals surface area contributed by atoms with Crippen molar-refractivity contribution in [2.75, 3.05) is 24.2 Å². The minimum atomic E-state index is -4.14. The first kappa shape index (κ1) is 31.1. The Labute approximate surface area is 231 Å². The normalized spacial score (nSPS) is 12.1. The monoisotopic (exact) mass is 588 g/mol. The molecular weight excluding hydrogens is 559 g/mol. The van der Waals surface area contributed by atoms with Crippen LogP contribution in [0.5, 0.6) is 5.75 Å². The van der Waals surface area contributed by atoms with Crippen LogP contribution in [0.15, 0.2) is 36.4 Å². The first-order valence-corrected chi connectivity index (χ1v) is 14.1. The molecule has 0 aliphatic rings. The highest BCUT2D eigenvalue weighted by molar-refractivity contribution is 7.92. The summed E-state index contributed by atoms with van der Waals surface area (Å²) in [5, 5.41) is 14.8. The van der Waals surface area contributed by atoms with E-state index in [0.29, 0.717) is 14.9 Å². The molecule has 2 amide bonds. The van der Waals surface area contributed by atoms with Gasteiger partial charge in [-0.2, -0.15) is 0 Å². The lowest BCUT2D eigenvalue weighted by Gasteiger charge is -2.33. The van der Waals surface area contributed by atoms with Gasteiger partial charge in [-0.3, -0.25) is 24.0 Å². The van der Waals surface area contributed by atoms with Crippen LogP contribution in [0.25, 0.3) is 0 Å². The number of nitrogens with one attached hydrogen (secondary N) is 1. The fourth-order valence-corrected chi connectivity index (χ4v) is 5.03. The maximum Gasteiger partial charge on any atom is 0.271 e. The number of rotatable bonds is 12. The van der Waals surface area contributed by atoms with Crippen molar-refractivity contribution in [3.05, 3.63) is 62.1 Å². The van der Waals surface area contributed by atoms with E-state index in [1.807, 2.05) is 0 Å². The number of carbonyl (C=O) groups excluding carboxylic acids is 2. The molecular formula is C24H30Cl2N4O7S. The van der Waals surface area contributed by atoms with Crippen molar-refractivity contribution >= 4 is 56.4 Å². The van der Waals surface area contributed by atoms with E-state index in [9.17, 15) is 28.1 Å². The number of carbonyl (C=O) groups is 2. The number of non-ortho nitro benzene ring substituents is 1. The third-order valence-electron chi connectivity index (χ3n) is 5.49. The number of anilines is 1. The van der Waals surface area contributed by atoms with Gasteiger partial charge in [0.1, 0.15) is 24.0 Å². The number of nitro benzene ring substituents is 1. The highest BCUT2D eigenvalue weighted by Gasteiger charge is 2.33. The van der Waals surface area contributed by atoms with Gasteiger partial charge in [0.05, 0.1) is 18.3 Å². The third-order valence-corrected chi connectivity index (χ3v) is 7.21. The van der Waals surface area contributed by atoms with Gasteiger partial charge in [-0.05, 0) is 44.0 Å². The van der Waals surface area contributed by atoms with Gasteiger partial charge in [0, 0.05) is 34.8 Å². The average molecular weight is 589 g/mol. The summed E-state index contributed by atoms with van der Waals surface area (Å²) < 4.78 is 31.6. The van der Waals surface area contributed by atoms with Gasteiger partial charge < -0.3 is 15.0 Å². The first-order chi connectivity index (χ1) is 17.7. The Balaban J connectivity index is 2.60. The summed E-state index contributed by atoms with van der Waals surface area (Å²) in [6, 6.07) is 6.91. The van der Waals surface area contributed by atoms with Gasteiger partial charge in [-0.1, -0.05) is 36.2 Å². The van der Waals surface area contributed by atoms with Crippen LogP contribution in [0.2, 0.25) is 10.0 Å². The molecule has 1 atom stereocenters. The van der Waals surface area contributed by atoms with Crippen LogP contribution in [-0.2, 0) is 26.2 Å². The zero-order valence-corrected chi connectivity index (χ0v) is 23.9. The molecule has 11 nitrogen and oxygen atoms in total. The number of amides is 2. The van der Waals surface area contributed by atoms with E-state index in [1.165, 1.54) is 24.1 Å². The van der Waals surface area contributed by atoms with Gasteiger partial charge in [0.2, 0.25) is 21.8 Å². The van der Waals surface area contributed by atoms with Gasteiger partial charge in [-0.25, -0.2) is 8.42 Å². The van der Waals surface area contributed by atoms with E-state index < -0.39 is 45.0 Å². The Hall–Kier alpha value is -3.09. The Morgan fingerprint density at radius 1 is 1.16 bits per heavy atom. The summed E-state index contributed by atoms with van der Waals surface area (Å²) in [7, 11) is -2.87. The van der Waals surface area contributed by atoms with Crippen LogP contribution in [0, 0.1) is 10.1 Å². The van der Waals surface area contributed by atoms with Crippen LogP contribution < -0.4 is 14.4 Å². The molecule has 0 aliphatic carbocycles. The number of hydrogen-bond acceptors (Lipinski definition) is 7. The number of halogens is 2. The minimum Gasteiger partial charge on any atom is -0.495 e. The standard InChI is InChI=1S/C24H30Cl2N4O7S/c1-6-20(24(32)27-15(2)3)28(13-16-7-8-17(25)11-19(16)26)23(31)14-29(38(5,35)36)21-12-18(30(33)34)9-10-22(21)37-4/h7-12,15,20H,6,13-14H2,1-5H3,(H,27,32). The molecule has 0 aromatic heterocycles. The van der Waals surface area contributed by atoms with E-state index in [2.05, 4.69) is 5.32 Å². The van der Waals surface area contributed by atoms with E-state index in [1.54, 1.807) is 32.9 Å². The van der Waals surface area contributed by atoms with Crippen molar-refractivity contribution in [1.29, 1.82) is 0 Å². The molecule has 208 valence electrons. The van der Waals surface area contributed by atoms with E-state index in [4.69, 9.17) is 27.9 Å². The van der Waals surface area contributed by atoms with Gasteiger partial charge >= 0.3 is 0 Å². The second kappa shape index (κ2) is 13.1. The van der Waals surface area contributed by atoms with Crippen molar-refractivity contribution in [2.24, 2.45) is 0 Å². The van der Waals surface area contributed by atoms with E-state index in [-0.39, 0.29) is 35.5 Å². The molecule has 0 bridgehead atoms. The molecule has 0 saturated heterocycles. The maximum absolute atomic E-state index is 13.8. The predicted molar refractivity (Wildman–Crippen MR) is 146 cm³/mol. The number of nitro groups is 1. The van der Waals surface area contributed by atoms with Crippen molar-refractivity contribution < 1.29 is 27.7 Å². The zero-order valence-electron chi connectivity index (χ0n) is 21.6. The Bertz CT molecular complexity index is 1300. The molecule has 0 fully saturated rings. The summed E-state index contributed by atoms with van der Waals surface area (Å²) in [5.41, 5.74) is -0.102. The molecule has 1 N–H and O–H groups in total. The molecule has 14 heteroatoms. The molecule has 0 radical (unpaired) electrons. The Morgan fingerprint density at radius 2 is 1.82 bits per heavy atom. The third kappa shape index (κ3) is 7.95.